The zero-order valence-corrected chi connectivity index (χ0v) is 12.5. The quantitative estimate of drug-likeness (QED) is 0.735. The average molecular weight is 274 g/mol. The van der Waals surface area contributed by atoms with Crippen molar-refractivity contribution in [1.82, 2.24) is 0 Å². The number of anilines is 2. The van der Waals surface area contributed by atoms with Gasteiger partial charge in [-0.05, 0) is 50.0 Å². The Morgan fingerprint density at radius 2 is 1.75 bits per heavy atom. The number of nitrogens with zero attached hydrogens (tertiary/aromatic N) is 1. The van der Waals surface area contributed by atoms with Crippen LogP contribution in [-0.2, 0) is 0 Å². The molecule has 0 aliphatic heterocycles. The molecule has 1 aromatic carbocycles. The maximum absolute atomic E-state index is 6.06. The first-order chi connectivity index (χ1) is 9.74. The Kier molecular flexibility index (Phi) is 4.04. The lowest BCUT2D eigenvalue weighted by molar-refractivity contribution is 0.317. The first-order valence-electron chi connectivity index (χ1n) is 8.03. The predicted molar refractivity (Wildman–Crippen MR) is 84.3 cm³/mol. The molecule has 110 valence electrons. The SMILES string of the molecule is CCCOc1cc(N)cc(N(CC2CC2)CC2CC2)c1. The summed E-state index contributed by atoms with van der Waals surface area (Å²) in [7, 11) is 0. The molecule has 0 atom stereocenters. The van der Waals surface area contributed by atoms with E-state index in [2.05, 4.69) is 24.0 Å². The van der Waals surface area contributed by atoms with Gasteiger partial charge in [0.05, 0.1) is 6.61 Å². The van der Waals surface area contributed by atoms with Crippen LogP contribution in [0.5, 0.6) is 5.75 Å². The molecule has 0 saturated heterocycles. The third-order valence-electron chi connectivity index (χ3n) is 4.10. The summed E-state index contributed by atoms with van der Waals surface area (Å²) in [6.45, 7) is 5.26. The van der Waals surface area contributed by atoms with Crippen LogP contribution in [0.15, 0.2) is 18.2 Å². The molecule has 0 amide bonds. The van der Waals surface area contributed by atoms with Crippen LogP contribution in [0.1, 0.15) is 39.0 Å². The monoisotopic (exact) mass is 274 g/mol. The number of nitrogen functional groups attached to an aromatic ring is 1. The number of hydrogen-bond donors (Lipinski definition) is 1. The highest BCUT2D eigenvalue weighted by Crippen LogP contribution is 2.37. The zero-order chi connectivity index (χ0) is 13.9. The Hall–Kier alpha value is -1.38. The van der Waals surface area contributed by atoms with Gasteiger partial charge >= 0.3 is 0 Å². The Balaban J connectivity index is 1.74. The van der Waals surface area contributed by atoms with Crippen molar-refractivity contribution in [1.29, 1.82) is 0 Å². The third-order valence-corrected chi connectivity index (χ3v) is 4.10. The van der Waals surface area contributed by atoms with Gasteiger partial charge in [-0.15, -0.1) is 0 Å². The van der Waals surface area contributed by atoms with Gasteiger partial charge in [0.1, 0.15) is 5.75 Å². The lowest BCUT2D eigenvalue weighted by Crippen LogP contribution is -2.28. The van der Waals surface area contributed by atoms with Crippen LogP contribution < -0.4 is 15.4 Å². The first kappa shape index (κ1) is 13.6. The fraction of sp³-hybridized carbons (Fsp3) is 0.647. The maximum atomic E-state index is 6.06. The van der Waals surface area contributed by atoms with E-state index in [-0.39, 0.29) is 0 Å². The van der Waals surface area contributed by atoms with Crippen molar-refractivity contribution in [2.75, 3.05) is 30.3 Å². The average Bonchev–Trinajstić information content (AvgIpc) is 3.30. The minimum Gasteiger partial charge on any atom is -0.493 e. The second-order valence-corrected chi connectivity index (χ2v) is 6.40. The molecule has 0 radical (unpaired) electrons. The Morgan fingerprint density at radius 1 is 1.10 bits per heavy atom. The molecule has 3 rings (SSSR count). The molecule has 0 unspecified atom stereocenters. The first-order valence-corrected chi connectivity index (χ1v) is 8.03. The number of benzene rings is 1. The van der Waals surface area contributed by atoms with Crippen molar-refractivity contribution in [3.63, 3.8) is 0 Å². The van der Waals surface area contributed by atoms with E-state index in [0.29, 0.717) is 0 Å². The van der Waals surface area contributed by atoms with Crippen LogP contribution in [0.25, 0.3) is 0 Å². The smallest absolute Gasteiger partial charge is 0.123 e. The second kappa shape index (κ2) is 5.94. The van der Waals surface area contributed by atoms with Crippen LogP contribution in [0, 0.1) is 11.8 Å². The topological polar surface area (TPSA) is 38.5 Å². The molecule has 2 aliphatic carbocycles. The largest absolute Gasteiger partial charge is 0.493 e. The summed E-state index contributed by atoms with van der Waals surface area (Å²) in [6.07, 6.45) is 6.59. The van der Waals surface area contributed by atoms with Crippen molar-refractivity contribution in [3.05, 3.63) is 18.2 Å². The second-order valence-electron chi connectivity index (χ2n) is 6.40. The van der Waals surface area contributed by atoms with Gasteiger partial charge in [-0.1, -0.05) is 6.92 Å². The number of hydrogen-bond acceptors (Lipinski definition) is 3. The van der Waals surface area contributed by atoms with Gasteiger partial charge in [-0.25, -0.2) is 0 Å². The van der Waals surface area contributed by atoms with Crippen LogP contribution in [0.3, 0.4) is 0 Å². The fourth-order valence-electron chi connectivity index (χ4n) is 2.60. The van der Waals surface area contributed by atoms with Crippen molar-refractivity contribution in [2.24, 2.45) is 11.8 Å². The minimum absolute atomic E-state index is 0.758. The van der Waals surface area contributed by atoms with Gasteiger partial charge in [0.15, 0.2) is 0 Å². The van der Waals surface area contributed by atoms with Gasteiger partial charge < -0.3 is 15.4 Å². The summed E-state index contributed by atoms with van der Waals surface area (Å²) in [6, 6.07) is 6.20. The molecule has 20 heavy (non-hydrogen) atoms. The van der Waals surface area contributed by atoms with Crippen molar-refractivity contribution in [2.45, 2.75) is 39.0 Å². The number of nitrogens with two attached hydrogens (primary N) is 1. The highest BCUT2D eigenvalue weighted by molar-refractivity contribution is 5.60. The minimum atomic E-state index is 0.758. The predicted octanol–water partition coefficient (Wildman–Crippen LogP) is 3.68. The number of ether oxygens (including phenoxy) is 1. The van der Waals surface area contributed by atoms with Gasteiger partial charge in [0, 0.05) is 36.6 Å². The molecular weight excluding hydrogens is 248 g/mol. The Morgan fingerprint density at radius 3 is 2.30 bits per heavy atom. The Labute approximate surface area is 122 Å². The fourth-order valence-corrected chi connectivity index (χ4v) is 2.60. The van der Waals surface area contributed by atoms with Crippen LogP contribution in [0.4, 0.5) is 11.4 Å². The molecule has 2 saturated carbocycles. The molecule has 0 bridgehead atoms. The molecule has 2 fully saturated rings. The third kappa shape index (κ3) is 3.81. The molecule has 3 nitrogen and oxygen atoms in total. The van der Waals surface area contributed by atoms with E-state index in [4.69, 9.17) is 10.5 Å². The molecule has 2 N–H and O–H groups in total. The van der Waals surface area contributed by atoms with Crippen LogP contribution in [-0.4, -0.2) is 19.7 Å². The molecule has 2 aliphatic rings. The molecular formula is C17H26N2O. The maximum Gasteiger partial charge on any atom is 0.123 e. The van der Waals surface area contributed by atoms with E-state index < -0.39 is 0 Å². The molecule has 0 aromatic heterocycles. The molecule has 0 heterocycles. The van der Waals surface area contributed by atoms with Crippen molar-refractivity contribution >= 4 is 11.4 Å². The highest BCUT2D eigenvalue weighted by atomic mass is 16.5. The summed E-state index contributed by atoms with van der Waals surface area (Å²) in [5, 5.41) is 0. The van der Waals surface area contributed by atoms with E-state index in [0.717, 1.165) is 36.3 Å². The van der Waals surface area contributed by atoms with Crippen molar-refractivity contribution in [3.8, 4) is 5.75 Å². The highest BCUT2D eigenvalue weighted by Gasteiger charge is 2.29. The van der Waals surface area contributed by atoms with Crippen molar-refractivity contribution < 1.29 is 4.74 Å². The van der Waals surface area contributed by atoms with Crippen LogP contribution in [0.2, 0.25) is 0 Å². The summed E-state index contributed by atoms with van der Waals surface area (Å²) in [5.74, 6) is 2.71. The van der Waals surface area contributed by atoms with Gasteiger partial charge in [0.25, 0.3) is 0 Å². The number of rotatable bonds is 8. The lowest BCUT2D eigenvalue weighted by atomic mass is 10.2. The van der Waals surface area contributed by atoms with E-state index in [9.17, 15) is 0 Å². The lowest BCUT2D eigenvalue weighted by Gasteiger charge is -2.26. The molecule has 1 aromatic rings. The molecule has 3 heteroatoms. The normalized spacial score (nSPS) is 18.1. The molecule has 0 spiro atoms. The summed E-state index contributed by atoms with van der Waals surface area (Å²) in [5.41, 5.74) is 8.11. The van der Waals surface area contributed by atoms with Crippen LogP contribution >= 0.6 is 0 Å². The van der Waals surface area contributed by atoms with E-state index in [1.807, 2.05) is 6.07 Å². The van der Waals surface area contributed by atoms with E-state index in [1.165, 1.54) is 44.5 Å². The van der Waals surface area contributed by atoms with E-state index in [1.54, 1.807) is 0 Å². The Bertz CT molecular complexity index is 438. The summed E-state index contributed by atoms with van der Waals surface area (Å²) >= 11 is 0. The van der Waals surface area contributed by atoms with E-state index >= 15 is 0 Å². The van der Waals surface area contributed by atoms with Gasteiger partial charge in [0.2, 0.25) is 0 Å². The van der Waals surface area contributed by atoms with Gasteiger partial charge in [-0.2, -0.15) is 0 Å². The standard InChI is InChI=1S/C17H26N2O/c1-2-7-20-17-9-15(18)8-16(10-17)19(11-13-3-4-13)12-14-5-6-14/h8-10,13-14H,2-7,11-12,18H2,1H3. The van der Waals surface area contributed by atoms with Gasteiger partial charge in [-0.3, -0.25) is 0 Å². The summed E-state index contributed by atoms with van der Waals surface area (Å²) in [4.78, 5) is 2.53. The zero-order valence-electron chi connectivity index (χ0n) is 12.5. The summed E-state index contributed by atoms with van der Waals surface area (Å²) < 4.78 is 5.76.